The molecular weight excluding hydrogens is 276 g/mol. The summed E-state index contributed by atoms with van der Waals surface area (Å²) in [4.78, 5) is 36.0. The Balaban J connectivity index is 2.34. The number of hydrogen-bond acceptors (Lipinski definition) is 6. The van der Waals surface area contributed by atoms with E-state index in [0.29, 0.717) is 6.61 Å². The first-order valence-corrected chi connectivity index (χ1v) is 7.16. The van der Waals surface area contributed by atoms with Gasteiger partial charge in [0.2, 0.25) is 5.82 Å². The zero-order chi connectivity index (χ0) is 15.7. The van der Waals surface area contributed by atoms with E-state index < -0.39 is 23.3 Å². The van der Waals surface area contributed by atoms with Crippen LogP contribution >= 0.6 is 0 Å². The number of anilines is 1. The molecule has 1 atom stereocenters. The molecular formula is C13H22N4O4. The summed E-state index contributed by atoms with van der Waals surface area (Å²) < 4.78 is 5.11. The van der Waals surface area contributed by atoms with Crippen molar-refractivity contribution in [2.45, 2.75) is 52.0 Å². The molecule has 0 bridgehead atoms. The van der Waals surface area contributed by atoms with Crippen LogP contribution in [0.4, 0.5) is 5.82 Å². The molecule has 0 aliphatic carbocycles. The van der Waals surface area contributed by atoms with Gasteiger partial charge in [-0.15, -0.1) is 5.10 Å². The van der Waals surface area contributed by atoms with E-state index in [1.54, 1.807) is 6.92 Å². The molecule has 0 aliphatic heterocycles. The van der Waals surface area contributed by atoms with Gasteiger partial charge >= 0.3 is 11.7 Å². The summed E-state index contributed by atoms with van der Waals surface area (Å²) in [6.07, 6.45) is 5.35. The molecule has 118 valence electrons. The van der Waals surface area contributed by atoms with Crippen LogP contribution in [0.2, 0.25) is 0 Å². The van der Waals surface area contributed by atoms with Crippen molar-refractivity contribution in [3.63, 3.8) is 0 Å². The number of aromatic amines is 2. The standard InChI is InChI=1S/C13H22N4O4/c1-3-4-5-6-7-8-21-12(19)9(2)14-10-11(18)15-13(20)17-16-10/h9H,3-8H2,1-2H3,(H,14,16)(H2,15,17,18,20). The second-order valence-electron chi connectivity index (χ2n) is 4.80. The first-order valence-electron chi connectivity index (χ1n) is 7.16. The maximum absolute atomic E-state index is 11.7. The van der Waals surface area contributed by atoms with Crippen LogP contribution in [0, 0.1) is 0 Å². The lowest BCUT2D eigenvalue weighted by molar-refractivity contribution is -0.144. The molecule has 8 nitrogen and oxygen atoms in total. The molecule has 0 radical (unpaired) electrons. The first-order chi connectivity index (χ1) is 10.0. The Bertz CT molecular complexity index is 552. The summed E-state index contributed by atoms with van der Waals surface area (Å²) in [6.45, 7) is 4.07. The molecule has 0 fully saturated rings. The average molecular weight is 298 g/mol. The first kappa shape index (κ1) is 16.9. The topological polar surface area (TPSA) is 117 Å². The minimum atomic E-state index is -0.722. The number of carbonyl (C=O) groups is 1. The van der Waals surface area contributed by atoms with E-state index in [2.05, 4.69) is 22.4 Å². The van der Waals surface area contributed by atoms with Crippen LogP contribution in [0.5, 0.6) is 0 Å². The summed E-state index contributed by atoms with van der Waals surface area (Å²) >= 11 is 0. The van der Waals surface area contributed by atoms with Crippen LogP contribution in [0.3, 0.4) is 0 Å². The number of unbranched alkanes of at least 4 members (excludes halogenated alkanes) is 4. The number of nitrogens with one attached hydrogen (secondary N) is 3. The Kier molecular flexibility index (Phi) is 7.20. The fourth-order valence-corrected chi connectivity index (χ4v) is 1.71. The van der Waals surface area contributed by atoms with E-state index >= 15 is 0 Å². The molecule has 1 unspecified atom stereocenters. The van der Waals surface area contributed by atoms with E-state index in [1.807, 2.05) is 4.98 Å². The van der Waals surface area contributed by atoms with Gasteiger partial charge in [-0.2, -0.15) is 0 Å². The molecule has 0 aliphatic rings. The van der Waals surface area contributed by atoms with Gasteiger partial charge in [0.1, 0.15) is 6.04 Å². The molecule has 3 N–H and O–H groups in total. The van der Waals surface area contributed by atoms with Gasteiger partial charge in [-0.25, -0.2) is 14.7 Å². The lowest BCUT2D eigenvalue weighted by Gasteiger charge is -2.12. The SMILES string of the molecule is CCCCCCCOC(=O)C(C)Nc1n[nH]c(=O)[nH]c1=O. The van der Waals surface area contributed by atoms with Crippen molar-refractivity contribution in [3.05, 3.63) is 20.8 Å². The Morgan fingerprint density at radius 1 is 1.29 bits per heavy atom. The van der Waals surface area contributed by atoms with Gasteiger partial charge < -0.3 is 10.1 Å². The number of rotatable bonds is 9. The van der Waals surface area contributed by atoms with E-state index in [1.165, 1.54) is 12.8 Å². The fraction of sp³-hybridized carbons (Fsp3) is 0.692. The molecule has 1 rings (SSSR count). The maximum atomic E-state index is 11.7. The predicted molar refractivity (Wildman–Crippen MR) is 78.3 cm³/mol. The van der Waals surface area contributed by atoms with Gasteiger partial charge in [0, 0.05) is 0 Å². The number of aromatic nitrogens is 3. The number of carbonyl (C=O) groups excluding carboxylic acids is 1. The molecule has 0 aromatic carbocycles. The third-order valence-corrected chi connectivity index (χ3v) is 2.91. The molecule has 1 aromatic rings. The van der Waals surface area contributed by atoms with Gasteiger partial charge in [-0.1, -0.05) is 32.6 Å². The summed E-state index contributed by atoms with van der Waals surface area (Å²) in [5.41, 5.74) is -1.38. The molecule has 0 saturated heterocycles. The Morgan fingerprint density at radius 2 is 2.00 bits per heavy atom. The van der Waals surface area contributed by atoms with E-state index in [4.69, 9.17) is 4.74 Å². The molecule has 0 spiro atoms. The van der Waals surface area contributed by atoms with Gasteiger partial charge in [0.15, 0.2) is 0 Å². The van der Waals surface area contributed by atoms with Gasteiger partial charge in [0.25, 0.3) is 5.56 Å². The molecule has 1 aromatic heterocycles. The van der Waals surface area contributed by atoms with Crippen LogP contribution in [0.15, 0.2) is 9.59 Å². The van der Waals surface area contributed by atoms with Crippen LogP contribution in [0.1, 0.15) is 46.0 Å². The summed E-state index contributed by atoms with van der Waals surface area (Å²) in [6, 6.07) is -0.722. The Hall–Kier alpha value is -2.12. The highest BCUT2D eigenvalue weighted by atomic mass is 16.5. The van der Waals surface area contributed by atoms with Gasteiger partial charge in [0.05, 0.1) is 6.61 Å². The fourth-order valence-electron chi connectivity index (χ4n) is 1.71. The van der Waals surface area contributed by atoms with E-state index in [0.717, 1.165) is 19.3 Å². The van der Waals surface area contributed by atoms with Crippen LogP contribution in [-0.2, 0) is 9.53 Å². The zero-order valence-electron chi connectivity index (χ0n) is 12.4. The highest BCUT2D eigenvalue weighted by Crippen LogP contribution is 2.03. The summed E-state index contributed by atoms with van der Waals surface area (Å²) in [5.74, 6) is -0.583. The van der Waals surface area contributed by atoms with E-state index in [-0.39, 0.29) is 5.82 Å². The van der Waals surface area contributed by atoms with Crippen molar-refractivity contribution < 1.29 is 9.53 Å². The Labute approximate surface area is 122 Å². The number of nitrogens with zero attached hydrogens (tertiary/aromatic N) is 1. The molecule has 8 heteroatoms. The third-order valence-electron chi connectivity index (χ3n) is 2.91. The summed E-state index contributed by atoms with van der Waals surface area (Å²) in [5, 5.41) is 8.21. The van der Waals surface area contributed by atoms with Gasteiger partial charge in [-0.05, 0) is 13.3 Å². The van der Waals surface area contributed by atoms with Crippen molar-refractivity contribution in [2.24, 2.45) is 0 Å². The second-order valence-corrected chi connectivity index (χ2v) is 4.80. The van der Waals surface area contributed by atoms with Crippen LogP contribution in [0.25, 0.3) is 0 Å². The van der Waals surface area contributed by atoms with Crippen molar-refractivity contribution in [1.29, 1.82) is 0 Å². The zero-order valence-corrected chi connectivity index (χ0v) is 12.4. The minimum absolute atomic E-state index is 0.123. The average Bonchev–Trinajstić information content (AvgIpc) is 2.45. The lowest BCUT2D eigenvalue weighted by Crippen LogP contribution is -2.34. The van der Waals surface area contributed by atoms with Crippen molar-refractivity contribution >= 4 is 11.8 Å². The molecule has 21 heavy (non-hydrogen) atoms. The normalized spacial score (nSPS) is 11.9. The predicted octanol–water partition coefficient (Wildman–Crippen LogP) is 0.772. The molecule has 0 amide bonds. The van der Waals surface area contributed by atoms with E-state index in [9.17, 15) is 14.4 Å². The number of ether oxygens (including phenoxy) is 1. The van der Waals surface area contributed by atoms with Crippen LogP contribution < -0.4 is 16.6 Å². The third kappa shape index (κ3) is 6.24. The quantitative estimate of drug-likeness (QED) is 0.458. The van der Waals surface area contributed by atoms with Crippen molar-refractivity contribution in [1.82, 2.24) is 15.2 Å². The smallest absolute Gasteiger partial charge is 0.342 e. The largest absolute Gasteiger partial charge is 0.464 e. The lowest BCUT2D eigenvalue weighted by atomic mass is 10.2. The maximum Gasteiger partial charge on any atom is 0.342 e. The van der Waals surface area contributed by atoms with Crippen molar-refractivity contribution in [2.75, 3.05) is 11.9 Å². The number of hydrogen-bond donors (Lipinski definition) is 3. The number of esters is 1. The van der Waals surface area contributed by atoms with Crippen LogP contribution in [-0.4, -0.2) is 33.8 Å². The summed E-state index contributed by atoms with van der Waals surface area (Å²) in [7, 11) is 0. The molecule has 0 saturated carbocycles. The van der Waals surface area contributed by atoms with Gasteiger partial charge in [-0.3, -0.25) is 9.78 Å². The number of H-pyrrole nitrogens is 2. The highest BCUT2D eigenvalue weighted by Gasteiger charge is 2.16. The molecule has 1 heterocycles. The highest BCUT2D eigenvalue weighted by molar-refractivity contribution is 5.78. The second kappa shape index (κ2) is 8.93. The Morgan fingerprint density at radius 3 is 2.67 bits per heavy atom. The minimum Gasteiger partial charge on any atom is -0.464 e. The van der Waals surface area contributed by atoms with Crippen molar-refractivity contribution in [3.8, 4) is 0 Å². The monoisotopic (exact) mass is 298 g/mol.